The summed E-state index contributed by atoms with van der Waals surface area (Å²) < 4.78 is 0. The zero-order chi connectivity index (χ0) is 10.7. The minimum Gasteiger partial charge on any atom is -0.327 e. The summed E-state index contributed by atoms with van der Waals surface area (Å²) >= 11 is 0. The molecule has 0 aliphatic heterocycles. The lowest BCUT2D eigenvalue weighted by atomic mass is 9.84. The average molecular weight is 197 g/mol. The molecule has 1 aliphatic rings. The minimum absolute atomic E-state index is 0.465. The molecule has 1 fully saturated rings. The molecule has 0 aromatic carbocycles. The van der Waals surface area contributed by atoms with Gasteiger partial charge in [0.2, 0.25) is 0 Å². The van der Waals surface area contributed by atoms with Gasteiger partial charge >= 0.3 is 0 Å². The first-order valence-electron chi connectivity index (χ1n) is 6.31. The Bertz CT molecular complexity index is 167. The van der Waals surface area contributed by atoms with Crippen LogP contribution in [0.15, 0.2) is 0 Å². The van der Waals surface area contributed by atoms with Gasteiger partial charge in [-0.3, -0.25) is 0 Å². The lowest BCUT2D eigenvalue weighted by molar-refractivity contribution is 0.288. The van der Waals surface area contributed by atoms with Gasteiger partial charge in [0.25, 0.3) is 0 Å². The molecule has 84 valence electrons. The lowest BCUT2D eigenvalue weighted by Gasteiger charge is -2.22. The van der Waals surface area contributed by atoms with E-state index in [0.29, 0.717) is 6.04 Å². The van der Waals surface area contributed by atoms with Crippen molar-refractivity contribution in [3.63, 3.8) is 0 Å². The van der Waals surface area contributed by atoms with Crippen molar-refractivity contribution in [2.45, 2.75) is 59.4 Å². The van der Waals surface area contributed by atoms with Gasteiger partial charge in [0.05, 0.1) is 0 Å². The fourth-order valence-corrected chi connectivity index (χ4v) is 2.88. The monoisotopic (exact) mass is 197 g/mol. The highest BCUT2D eigenvalue weighted by Gasteiger charge is 2.35. The van der Waals surface area contributed by atoms with E-state index >= 15 is 0 Å². The van der Waals surface area contributed by atoms with Gasteiger partial charge in [-0.1, -0.05) is 40.5 Å². The van der Waals surface area contributed by atoms with Gasteiger partial charge in [-0.2, -0.15) is 0 Å². The van der Waals surface area contributed by atoms with Crippen molar-refractivity contribution in [3.8, 4) is 0 Å². The van der Waals surface area contributed by atoms with Crippen molar-refractivity contribution in [1.82, 2.24) is 0 Å². The fraction of sp³-hybridized carbons (Fsp3) is 1.00. The maximum absolute atomic E-state index is 6.10. The van der Waals surface area contributed by atoms with E-state index < -0.39 is 0 Å². The highest BCUT2D eigenvalue weighted by atomic mass is 14.7. The number of hydrogen-bond donors (Lipinski definition) is 1. The van der Waals surface area contributed by atoms with E-state index in [0.717, 1.165) is 23.7 Å². The van der Waals surface area contributed by atoms with E-state index in [1.807, 2.05) is 0 Å². The first-order chi connectivity index (χ1) is 6.56. The summed E-state index contributed by atoms with van der Waals surface area (Å²) in [5.41, 5.74) is 6.10. The van der Waals surface area contributed by atoms with Gasteiger partial charge in [0, 0.05) is 6.04 Å². The first kappa shape index (κ1) is 12.0. The Hall–Kier alpha value is -0.0400. The van der Waals surface area contributed by atoms with Crippen LogP contribution >= 0.6 is 0 Å². The molecule has 14 heavy (non-hydrogen) atoms. The quantitative estimate of drug-likeness (QED) is 0.734. The molecular weight excluding hydrogens is 170 g/mol. The summed E-state index contributed by atoms with van der Waals surface area (Å²) in [6.45, 7) is 9.38. The first-order valence-corrected chi connectivity index (χ1v) is 6.31. The van der Waals surface area contributed by atoms with Gasteiger partial charge in [-0.15, -0.1) is 0 Å². The van der Waals surface area contributed by atoms with Crippen LogP contribution in [0.1, 0.15) is 53.4 Å². The Labute approximate surface area is 89.5 Å². The van der Waals surface area contributed by atoms with Crippen molar-refractivity contribution in [3.05, 3.63) is 0 Å². The maximum Gasteiger partial charge on any atom is 0.00699 e. The Morgan fingerprint density at radius 2 is 2.00 bits per heavy atom. The van der Waals surface area contributed by atoms with Crippen LogP contribution in [0.2, 0.25) is 0 Å². The van der Waals surface area contributed by atoms with E-state index in [9.17, 15) is 0 Å². The summed E-state index contributed by atoms with van der Waals surface area (Å²) in [5, 5.41) is 0. The van der Waals surface area contributed by atoms with Gasteiger partial charge in [0.1, 0.15) is 0 Å². The molecule has 1 nitrogen and oxygen atoms in total. The van der Waals surface area contributed by atoms with Crippen LogP contribution < -0.4 is 5.73 Å². The molecule has 5 unspecified atom stereocenters. The highest BCUT2D eigenvalue weighted by Crippen LogP contribution is 2.39. The third-order valence-corrected chi connectivity index (χ3v) is 4.42. The average Bonchev–Trinajstić information content (AvgIpc) is 2.39. The molecule has 0 aromatic rings. The fourth-order valence-electron chi connectivity index (χ4n) is 2.88. The van der Waals surface area contributed by atoms with Crippen LogP contribution in [0, 0.1) is 23.7 Å². The van der Waals surface area contributed by atoms with Gasteiger partial charge in [-0.25, -0.2) is 0 Å². The third kappa shape index (κ3) is 2.73. The standard InChI is InChI=1S/C13H27N/c1-5-9(2)6-7-12-10(3)8-13(14)11(12)4/h9-13H,5-8,14H2,1-4H3. The normalized spacial score (nSPS) is 40.1. The second-order valence-corrected chi connectivity index (χ2v) is 5.49. The maximum atomic E-state index is 6.10. The Morgan fingerprint density at radius 3 is 2.43 bits per heavy atom. The molecular formula is C13H27N. The molecule has 0 heterocycles. The molecule has 0 aromatic heterocycles. The van der Waals surface area contributed by atoms with E-state index in [4.69, 9.17) is 5.73 Å². The zero-order valence-corrected chi connectivity index (χ0v) is 10.3. The second-order valence-electron chi connectivity index (χ2n) is 5.49. The molecule has 5 atom stereocenters. The molecule has 0 spiro atoms. The summed E-state index contributed by atoms with van der Waals surface area (Å²) in [6, 6.07) is 0.465. The van der Waals surface area contributed by atoms with Crippen LogP contribution in [0.3, 0.4) is 0 Å². The minimum atomic E-state index is 0.465. The second kappa shape index (κ2) is 5.16. The van der Waals surface area contributed by atoms with Crippen LogP contribution in [0.4, 0.5) is 0 Å². The van der Waals surface area contributed by atoms with Crippen LogP contribution in [0.25, 0.3) is 0 Å². The van der Waals surface area contributed by atoms with Crippen LogP contribution in [0.5, 0.6) is 0 Å². The molecule has 0 radical (unpaired) electrons. The van der Waals surface area contributed by atoms with Gasteiger partial charge in [0.15, 0.2) is 0 Å². The van der Waals surface area contributed by atoms with Crippen molar-refractivity contribution < 1.29 is 0 Å². The van der Waals surface area contributed by atoms with Gasteiger partial charge < -0.3 is 5.73 Å². The molecule has 2 N–H and O–H groups in total. The predicted molar refractivity (Wildman–Crippen MR) is 63.1 cm³/mol. The van der Waals surface area contributed by atoms with Gasteiger partial charge in [-0.05, 0) is 36.5 Å². The molecule has 1 saturated carbocycles. The largest absolute Gasteiger partial charge is 0.327 e. The smallest absolute Gasteiger partial charge is 0.00699 e. The van der Waals surface area contributed by atoms with Crippen molar-refractivity contribution in [2.24, 2.45) is 29.4 Å². The van der Waals surface area contributed by atoms with E-state index in [1.54, 1.807) is 0 Å². The molecule has 0 bridgehead atoms. The summed E-state index contributed by atoms with van der Waals surface area (Å²) in [6.07, 6.45) is 5.35. The molecule has 0 amide bonds. The van der Waals surface area contributed by atoms with Crippen LogP contribution in [-0.4, -0.2) is 6.04 Å². The zero-order valence-electron chi connectivity index (χ0n) is 10.3. The number of hydrogen-bond acceptors (Lipinski definition) is 1. The van der Waals surface area contributed by atoms with E-state index in [-0.39, 0.29) is 0 Å². The van der Waals surface area contributed by atoms with Crippen LogP contribution in [-0.2, 0) is 0 Å². The summed E-state index contributed by atoms with van der Waals surface area (Å²) in [4.78, 5) is 0. The Balaban J connectivity index is 2.36. The van der Waals surface area contributed by atoms with Crippen molar-refractivity contribution in [2.75, 3.05) is 0 Å². The van der Waals surface area contributed by atoms with E-state index in [2.05, 4.69) is 27.7 Å². The number of nitrogens with two attached hydrogens (primary N) is 1. The highest BCUT2D eigenvalue weighted by molar-refractivity contribution is 4.89. The van der Waals surface area contributed by atoms with Crippen molar-refractivity contribution >= 4 is 0 Å². The number of rotatable bonds is 4. The molecule has 1 heteroatoms. The van der Waals surface area contributed by atoms with Crippen molar-refractivity contribution in [1.29, 1.82) is 0 Å². The molecule has 0 saturated heterocycles. The summed E-state index contributed by atoms with van der Waals surface area (Å²) in [5.74, 6) is 3.38. The SMILES string of the molecule is CCC(C)CCC1C(C)CC(N)C1C. The van der Waals surface area contributed by atoms with E-state index in [1.165, 1.54) is 25.7 Å². The Morgan fingerprint density at radius 1 is 1.36 bits per heavy atom. The predicted octanol–water partition coefficient (Wildman–Crippen LogP) is 3.43. The Kier molecular flexibility index (Phi) is 4.43. The topological polar surface area (TPSA) is 26.0 Å². The summed E-state index contributed by atoms with van der Waals surface area (Å²) in [7, 11) is 0. The molecule has 1 rings (SSSR count). The third-order valence-electron chi connectivity index (χ3n) is 4.42. The lowest BCUT2D eigenvalue weighted by Crippen LogP contribution is -2.25. The molecule has 1 aliphatic carbocycles.